The minimum Gasteiger partial charge on any atom is -0.459 e. The maximum Gasteiger partial charge on any atom is 0.503 e. The molecule has 0 bridgehead atoms. The second-order valence-corrected chi connectivity index (χ2v) is 3.20. The normalized spacial score (nSPS) is 16.4. The van der Waals surface area contributed by atoms with Crippen LogP contribution >= 0.6 is 0 Å². The zero-order chi connectivity index (χ0) is 12.7. The Bertz CT molecular complexity index is 367. The van der Waals surface area contributed by atoms with E-state index in [1.165, 1.54) is 0 Å². The Labute approximate surface area is 97.4 Å². The molecule has 6 nitrogen and oxygen atoms in total. The van der Waals surface area contributed by atoms with Gasteiger partial charge in [-0.25, -0.2) is 9.59 Å². The number of esters is 1. The van der Waals surface area contributed by atoms with Gasteiger partial charge in [-0.1, -0.05) is 30.3 Å². The Morgan fingerprint density at radius 1 is 1.29 bits per heavy atom. The lowest BCUT2D eigenvalue weighted by molar-refractivity contribution is -0.146. The smallest absolute Gasteiger partial charge is 0.459 e. The molecule has 1 atom stereocenters. The summed E-state index contributed by atoms with van der Waals surface area (Å²) in [6, 6.07) is 9.59. The highest BCUT2D eigenvalue weighted by Crippen LogP contribution is 2.11. The van der Waals surface area contributed by atoms with Crippen LogP contribution in [0.3, 0.4) is 0 Å². The highest BCUT2D eigenvalue weighted by molar-refractivity contribution is 5.76. The van der Waals surface area contributed by atoms with Gasteiger partial charge in [0.1, 0.15) is 6.61 Å². The summed E-state index contributed by atoms with van der Waals surface area (Å²) >= 11 is 0. The van der Waals surface area contributed by atoms with Gasteiger partial charge < -0.3 is 19.7 Å². The van der Waals surface area contributed by atoms with Crippen molar-refractivity contribution in [1.29, 1.82) is 0 Å². The molecule has 2 rings (SSSR count). The number of carboxylic acid groups (broad SMARTS) is 2. The van der Waals surface area contributed by atoms with Gasteiger partial charge in [-0.3, -0.25) is 0 Å². The molecule has 1 saturated heterocycles. The van der Waals surface area contributed by atoms with Crippen molar-refractivity contribution in [3.05, 3.63) is 35.9 Å². The molecule has 0 amide bonds. The molecule has 1 aromatic carbocycles. The Morgan fingerprint density at radius 3 is 2.29 bits per heavy atom. The number of carbonyl (C=O) groups excluding carboxylic acids is 1. The van der Waals surface area contributed by atoms with E-state index in [1.54, 1.807) is 0 Å². The first-order valence-electron chi connectivity index (χ1n) is 4.83. The molecular formula is C11H12O6. The van der Waals surface area contributed by atoms with E-state index in [0.717, 1.165) is 5.56 Å². The van der Waals surface area contributed by atoms with Crippen LogP contribution < -0.4 is 0 Å². The van der Waals surface area contributed by atoms with E-state index in [0.29, 0.717) is 13.2 Å². The van der Waals surface area contributed by atoms with Gasteiger partial charge in [0.2, 0.25) is 0 Å². The molecule has 2 N–H and O–H groups in total. The molecule has 1 aromatic rings. The lowest BCUT2D eigenvalue weighted by atomic mass is 10.2. The minimum atomic E-state index is -1.83. The average Bonchev–Trinajstić information content (AvgIpc) is 3.10. The van der Waals surface area contributed by atoms with E-state index < -0.39 is 6.16 Å². The fourth-order valence-electron chi connectivity index (χ4n) is 1.01. The quantitative estimate of drug-likeness (QED) is 0.611. The van der Waals surface area contributed by atoms with Gasteiger partial charge >= 0.3 is 12.1 Å². The van der Waals surface area contributed by atoms with Gasteiger partial charge in [0, 0.05) is 0 Å². The van der Waals surface area contributed by atoms with E-state index in [4.69, 9.17) is 24.5 Å². The summed E-state index contributed by atoms with van der Waals surface area (Å²) in [5.41, 5.74) is 0.997. The molecule has 1 fully saturated rings. The number of carbonyl (C=O) groups is 2. The van der Waals surface area contributed by atoms with Crippen LogP contribution in [-0.2, 0) is 20.9 Å². The standard InChI is InChI=1S/C10H10O3.CH2O3/c11-10(9-7-12-9)13-6-8-4-2-1-3-5-8;2-1(3)4/h1-5,9H,6-7H2;(H2,2,3,4). The molecule has 0 aliphatic carbocycles. The third-order valence-electron chi connectivity index (χ3n) is 1.82. The molecule has 1 aliphatic heterocycles. The summed E-state index contributed by atoms with van der Waals surface area (Å²) in [6.07, 6.45) is -2.14. The molecule has 1 unspecified atom stereocenters. The lowest BCUT2D eigenvalue weighted by Crippen LogP contribution is -2.10. The van der Waals surface area contributed by atoms with Crippen molar-refractivity contribution in [2.75, 3.05) is 6.61 Å². The monoisotopic (exact) mass is 240 g/mol. The average molecular weight is 240 g/mol. The first kappa shape index (κ1) is 13.0. The first-order chi connectivity index (χ1) is 8.09. The van der Waals surface area contributed by atoms with Crippen molar-refractivity contribution in [3.63, 3.8) is 0 Å². The van der Waals surface area contributed by atoms with Crippen molar-refractivity contribution in [2.24, 2.45) is 0 Å². The third kappa shape index (κ3) is 6.16. The number of ether oxygens (including phenoxy) is 2. The van der Waals surface area contributed by atoms with Gasteiger partial charge in [0.25, 0.3) is 0 Å². The molecule has 6 heteroatoms. The second kappa shape index (κ2) is 6.49. The van der Waals surface area contributed by atoms with Crippen molar-refractivity contribution in [3.8, 4) is 0 Å². The van der Waals surface area contributed by atoms with Crippen LogP contribution in [-0.4, -0.2) is 35.0 Å². The van der Waals surface area contributed by atoms with Crippen LogP contribution in [0.15, 0.2) is 30.3 Å². The maximum atomic E-state index is 11.0. The SMILES string of the molecule is O=C(O)O.O=C(OCc1ccccc1)C1CO1. The first-order valence-corrected chi connectivity index (χ1v) is 4.83. The molecule has 0 radical (unpaired) electrons. The van der Waals surface area contributed by atoms with E-state index in [9.17, 15) is 4.79 Å². The summed E-state index contributed by atoms with van der Waals surface area (Å²) < 4.78 is 9.77. The van der Waals surface area contributed by atoms with Crippen molar-refractivity contribution in [2.45, 2.75) is 12.7 Å². The Balaban J connectivity index is 0.000000317. The van der Waals surface area contributed by atoms with E-state index in [2.05, 4.69) is 0 Å². The molecular weight excluding hydrogens is 228 g/mol. The van der Waals surface area contributed by atoms with Crippen molar-refractivity contribution in [1.82, 2.24) is 0 Å². The fraction of sp³-hybridized carbons (Fsp3) is 0.273. The number of hydrogen-bond acceptors (Lipinski definition) is 4. The van der Waals surface area contributed by atoms with E-state index in [-0.39, 0.29) is 12.1 Å². The predicted octanol–water partition coefficient (Wildman–Crippen LogP) is 1.35. The van der Waals surface area contributed by atoms with Crippen molar-refractivity contribution >= 4 is 12.1 Å². The molecule has 1 heterocycles. The van der Waals surface area contributed by atoms with E-state index >= 15 is 0 Å². The van der Waals surface area contributed by atoms with Gasteiger partial charge in [0.05, 0.1) is 6.61 Å². The molecule has 1 aliphatic rings. The Hall–Kier alpha value is -2.08. The third-order valence-corrected chi connectivity index (χ3v) is 1.82. The Kier molecular flexibility index (Phi) is 4.96. The second-order valence-electron chi connectivity index (χ2n) is 3.20. The molecule has 92 valence electrons. The van der Waals surface area contributed by atoms with Crippen LogP contribution in [0.2, 0.25) is 0 Å². The van der Waals surface area contributed by atoms with Crippen LogP contribution in [0.25, 0.3) is 0 Å². The zero-order valence-electron chi connectivity index (χ0n) is 8.91. The largest absolute Gasteiger partial charge is 0.503 e. The van der Waals surface area contributed by atoms with Gasteiger partial charge in [-0.05, 0) is 5.56 Å². The number of hydrogen-bond donors (Lipinski definition) is 2. The molecule has 17 heavy (non-hydrogen) atoms. The zero-order valence-corrected chi connectivity index (χ0v) is 8.91. The molecule has 0 saturated carbocycles. The fourth-order valence-corrected chi connectivity index (χ4v) is 1.01. The summed E-state index contributed by atoms with van der Waals surface area (Å²) in [5.74, 6) is -0.260. The number of benzene rings is 1. The van der Waals surface area contributed by atoms with Crippen LogP contribution in [0.4, 0.5) is 4.79 Å². The van der Waals surface area contributed by atoms with Crippen LogP contribution in [0, 0.1) is 0 Å². The maximum absolute atomic E-state index is 11.0. The van der Waals surface area contributed by atoms with Crippen molar-refractivity contribution < 1.29 is 29.3 Å². The lowest BCUT2D eigenvalue weighted by Gasteiger charge is -2.01. The highest BCUT2D eigenvalue weighted by Gasteiger charge is 2.32. The van der Waals surface area contributed by atoms with Crippen LogP contribution in [0.1, 0.15) is 5.56 Å². The molecule has 0 aromatic heterocycles. The molecule has 0 spiro atoms. The topological polar surface area (TPSA) is 96.4 Å². The summed E-state index contributed by atoms with van der Waals surface area (Å²) in [4.78, 5) is 19.6. The summed E-state index contributed by atoms with van der Waals surface area (Å²) in [6.45, 7) is 0.840. The van der Waals surface area contributed by atoms with Crippen LogP contribution in [0.5, 0.6) is 0 Å². The van der Waals surface area contributed by atoms with Gasteiger partial charge in [-0.15, -0.1) is 0 Å². The number of rotatable bonds is 3. The predicted molar refractivity (Wildman–Crippen MR) is 56.6 cm³/mol. The minimum absolute atomic E-state index is 0.260. The summed E-state index contributed by atoms with van der Waals surface area (Å²) in [7, 11) is 0. The summed E-state index contributed by atoms with van der Waals surface area (Å²) in [5, 5.41) is 13.9. The highest BCUT2D eigenvalue weighted by atomic mass is 16.6. The van der Waals surface area contributed by atoms with Gasteiger partial charge in [0.15, 0.2) is 6.10 Å². The van der Waals surface area contributed by atoms with Gasteiger partial charge in [-0.2, -0.15) is 0 Å². The Morgan fingerprint density at radius 2 is 1.82 bits per heavy atom. The number of epoxide rings is 1. The van der Waals surface area contributed by atoms with E-state index in [1.807, 2.05) is 30.3 Å².